The molecule has 0 atom stereocenters. The maximum absolute atomic E-state index is 10.9. The van der Waals surface area contributed by atoms with Gasteiger partial charge < -0.3 is 10.2 Å². The van der Waals surface area contributed by atoms with E-state index in [4.69, 9.17) is 10.2 Å². The monoisotopic (exact) mass is 350 g/mol. The van der Waals surface area contributed by atoms with Crippen molar-refractivity contribution in [2.45, 2.75) is 11.5 Å². The Hall–Kier alpha value is -0.770. The van der Waals surface area contributed by atoms with Crippen LogP contribution in [0.2, 0.25) is 0 Å². The molecule has 1 aromatic carbocycles. The van der Waals surface area contributed by atoms with Gasteiger partial charge in [0.25, 0.3) is 0 Å². The topological polar surface area (TPSA) is 91.7 Å². The van der Waals surface area contributed by atoms with E-state index in [9.17, 15) is 14.4 Å². The van der Waals surface area contributed by atoms with Crippen LogP contribution < -0.4 is 0 Å². The van der Waals surface area contributed by atoms with Crippen LogP contribution in [-0.2, 0) is 11.5 Å². The molecule has 108 valence electrons. The van der Waals surface area contributed by atoms with Crippen molar-refractivity contribution in [1.82, 2.24) is 0 Å². The summed E-state index contributed by atoms with van der Waals surface area (Å²) in [5.41, 5.74) is 2.17. The van der Waals surface area contributed by atoms with Crippen LogP contribution in [0.1, 0.15) is 21.5 Å². The molecule has 0 aromatic heterocycles. The highest BCUT2D eigenvalue weighted by Crippen LogP contribution is 2.30. The van der Waals surface area contributed by atoms with Crippen LogP contribution in [0, 0.1) is 0 Å². The summed E-state index contributed by atoms with van der Waals surface area (Å²) in [5.74, 6) is 0.921. The van der Waals surface area contributed by atoms with E-state index in [1.165, 1.54) is 21.6 Å². The normalized spacial score (nSPS) is 10.2. The fourth-order valence-electron chi connectivity index (χ4n) is 1.32. The van der Waals surface area contributed by atoms with Gasteiger partial charge in [0.15, 0.2) is 0 Å². The summed E-state index contributed by atoms with van der Waals surface area (Å²) < 4.78 is 0. The van der Waals surface area contributed by atoms with Crippen LogP contribution >= 0.6 is 43.2 Å². The van der Waals surface area contributed by atoms with E-state index in [1.54, 1.807) is 12.1 Å². The van der Waals surface area contributed by atoms with Gasteiger partial charge >= 0.3 is 10.6 Å². The Kier molecular flexibility index (Phi) is 7.97. The second kappa shape index (κ2) is 9.22. The van der Waals surface area contributed by atoms with Gasteiger partial charge in [-0.05, 0) is 23.3 Å². The van der Waals surface area contributed by atoms with E-state index < -0.39 is 10.6 Å². The Morgan fingerprint density at radius 1 is 0.950 bits per heavy atom. The molecular weight excluding hydrogens is 340 g/mol. The summed E-state index contributed by atoms with van der Waals surface area (Å²) in [5, 5.41) is 15.2. The van der Waals surface area contributed by atoms with E-state index in [-0.39, 0.29) is 0 Å². The van der Waals surface area contributed by atoms with Crippen molar-refractivity contribution in [3.63, 3.8) is 0 Å². The van der Waals surface area contributed by atoms with Crippen molar-refractivity contribution < 1.29 is 24.6 Å². The summed E-state index contributed by atoms with van der Waals surface area (Å²) in [6, 6.07) is 5.24. The zero-order valence-corrected chi connectivity index (χ0v) is 13.2. The number of benzene rings is 1. The van der Waals surface area contributed by atoms with Crippen molar-refractivity contribution in [3.05, 3.63) is 34.9 Å². The Bertz CT molecular complexity index is 467. The SMILES string of the molecule is O=Cc1cc(CSSC(=O)O)cc(CSSC(=O)O)c1. The van der Waals surface area contributed by atoms with Crippen molar-refractivity contribution in [2.24, 2.45) is 0 Å². The van der Waals surface area contributed by atoms with Crippen LogP contribution in [0.4, 0.5) is 9.59 Å². The molecule has 2 N–H and O–H groups in total. The van der Waals surface area contributed by atoms with E-state index in [1.807, 2.05) is 6.07 Å². The highest BCUT2D eigenvalue weighted by Gasteiger charge is 2.05. The summed E-state index contributed by atoms with van der Waals surface area (Å²) in [6.45, 7) is 0. The number of hydrogen-bond donors (Lipinski definition) is 2. The second-order valence-corrected chi connectivity index (χ2v) is 7.92. The highest BCUT2D eigenvalue weighted by molar-refractivity contribution is 8.82. The molecule has 0 aliphatic rings. The molecule has 0 spiro atoms. The van der Waals surface area contributed by atoms with Gasteiger partial charge in [-0.15, -0.1) is 0 Å². The molecule has 0 amide bonds. The Morgan fingerprint density at radius 2 is 1.40 bits per heavy atom. The maximum Gasteiger partial charge on any atom is 0.375 e. The third kappa shape index (κ3) is 7.13. The molecule has 0 heterocycles. The molecule has 0 radical (unpaired) electrons. The van der Waals surface area contributed by atoms with Gasteiger partial charge in [0, 0.05) is 38.7 Å². The Balaban J connectivity index is 2.66. The average Bonchev–Trinajstić information content (AvgIpc) is 2.37. The third-order valence-corrected chi connectivity index (χ3v) is 5.62. The fraction of sp³-hybridized carbons (Fsp3) is 0.182. The van der Waals surface area contributed by atoms with Gasteiger partial charge in [-0.1, -0.05) is 27.7 Å². The number of carbonyl (C=O) groups is 3. The largest absolute Gasteiger partial charge is 0.473 e. The molecule has 5 nitrogen and oxygen atoms in total. The van der Waals surface area contributed by atoms with Crippen LogP contribution in [0.5, 0.6) is 0 Å². The average molecular weight is 350 g/mol. The number of carboxylic acid groups (broad SMARTS) is 2. The lowest BCUT2D eigenvalue weighted by Crippen LogP contribution is -1.91. The van der Waals surface area contributed by atoms with Crippen molar-refractivity contribution in [3.8, 4) is 0 Å². The zero-order valence-electron chi connectivity index (χ0n) is 9.98. The Morgan fingerprint density at radius 3 is 1.75 bits per heavy atom. The van der Waals surface area contributed by atoms with E-state index >= 15 is 0 Å². The first-order chi connectivity index (χ1) is 9.51. The van der Waals surface area contributed by atoms with E-state index in [2.05, 4.69) is 0 Å². The van der Waals surface area contributed by atoms with Crippen LogP contribution in [0.15, 0.2) is 18.2 Å². The highest BCUT2D eigenvalue weighted by atomic mass is 33.1. The summed E-state index contributed by atoms with van der Waals surface area (Å²) >= 11 is 0. The summed E-state index contributed by atoms with van der Waals surface area (Å²) in [6.07, 6.45) is 0.719. The molecule has 20 heavy (non-hydrogen) atoms. The predicted molar refractivity (Wildman–Crippen MR) is 85.7 cm³/mol. The van der Waals surface area contributed by atoms with Gasteiger partial charge in [-0.25, -0.2) is 9.59 Å². The first-order valence-electron chi connectivity index (χ1n) is 5.14. The van der Waals surface area contributed by atoms with Gasteiger partial charge in [-0.3, -0.25) is 4.79 Å². The first-order valence-corrected chi connectivity index (χ1v) is 9.78. The van der Waals surface area contributed by atoms with Gasteiger partial charge in [0.1, 0.15) is 6.29 Å². The van der Waals surface area contributed by atoms with Crippen molar-refractivity contribution >= 4 is 60.1 Å². The molecule has 0 unspecified atom stereocenters. The third-order valence-electron chi connectivity index (χ3n) is 1.92. The molecule has 1 aromatic rings. The lowest BCUT2D eigenvalue weighted by molar-refractivity contribution is 0.112. The van der Waals surface area contributed by atoms with Gasteiger partial charge in [0.05, 0.1) is 0 Å². The lowest BCUT2D eigenvalue weighted by Gasteiger charge is -2.05. The van der Waals surface area contributed by atoms with Crippen molar-refractivity contribution in [1.29, 1.82) is 0 Å². The molecule has 1 rings (SSSR count). The van der Waals surface area contributed by atoms with Crippen LogP contribution in [-0.4, -0.2) is 27.1 Å². The lowest BCUT2D eigenvalue weighted by atomic mass is 10.1. The minimum Gasteiger partial charge on any atom is -0.473 e. The summed E-state index contributed by atoms with van der Waals surface area (Å²) in [4.78, 5) is 31.7. The number of hydrogen-bond acceptors (Lipinski definition) is 7. The minimum absolute atomic E-state index is 0.461. The van der Waals surface area contributed by atoms with E-state index in [0.29, 0.717) is 17.1 Å². The Labute approximate surface area is 131 Å². The molecule has 9 heteroatoms. The quantitative estimate of drug-likeness (QED) is 0.540. The molecule has 0 bridgehead atoms. The zero-order chi connectivity index (χ0) is 15.0. The standard InChI is InChI=1S/C11H10O5S4/c12-4-7-1-8(5-17-19-10(13)14)3-9(2-7)6-18-20-11(15)16/h1-4H,5-6H2,(H,13,14)(H,15,16). The molecule has 0 fully saturated rings. The van der Waals surface area contributed by atoms with Crippen LogP contribution in [0.3, 0.4) is 0 Å². The molecule has 0 saturated heterocycles. The second-order valence-electron chi connectivity index (χ2n) is 3.42. The smallest absolute Gasteiger partial charge is 0.375 e. The van der Waals surface area contributed by atoms with Crippen molar-refractivity contribution in [2.75, 3.05) is 0 Å². The van der Waals surface area contributed by atoms with Crippen LogP contribution in [0.25, 0.3) is 0 Å². The van der Waals surface area contributed by atoms with E-state index in [0.717, 1.165) is 39.0 Å². The number of aldehydes is 1. The number of rotatable bonds is 7. The van der Waals surface area contributed by atoms with Gasteiger partial charge in [-0.2, -0.15) is 0 Å². The molecule has 0 aliphatic carbocycles. The van der Waals surface area contributed by atoms with Gasteiger partial charge in [0.2, 0.25) is 0 Å². The summed E-state index contributed by atoms with van der Waals surface area (Å²) in [7, 11) is 3.78. The molecule has 0 saturated carbocycles. The fourth-order valence-corrected chi connectivity index (χ4v) is 4.02. The first kappa shape index (κ1) is 17.3. The number of carbonyl (C=O) groups excluding carboxylic acids is 1. The predicted octanol–water partition coefficient (Wildman–Crippen LogP) is 4.62. The minimum atomic E-state index is -0.963. The molecule has 0 aliphatic heterocycles. The molecular formula is C11H10O5S4. The maximum atomic E-state index is 10.9.